The molecule has 0 amide bonds. The number of nitrogens with zero attached hydrogens (tertiary/aromatic N) is 2. The minimum atomic E-state index is 0.823. The van der Waals surface area contributed by atoms with E-state index in [4.69, 9.17) is 14.7 Å². The molecule has 2 aromatic rings. The molecule has 1 aromatic heterocycles. The lowest BCUT2D eigenvalue weighted by molar-refractivity contribution is 0.415. The van der Waals surface area contributed by atoms with Gasteiger partial charge in [-0.15, -0.1) is 0 Å². The van der Waals surface area contributed by atoms with Crippen LogP contribution in [-0.2, 0) is 19.4 Å². The summed E-state index contributed by atoms with van der Waals surface area (Å²) in [4.78, 5) is 9.59. The molecule has 0 aliphatic carbocycles. The van der Waals surface area contributed by atoms with Gasteiger partial charge in [-0.3, -0.25) is 0 Å². The Kier molecular flexibility index (Phi) is 4.15. The first-order valence-corrected chi connectivity index (χ1v) is 7.55. The molecule has 3 rings (SSSR count). The molecule has 21 heavy (non-hydrogen) atoms. The highest BCUT2D eigenvalue weighted by Crippen LogP contribution is 2.24. The van der Waals surface area contributed by atoms with Gasteiger partial charge in [-0.25, -0.2) is 9.97 Å². The Labute approximate surface area is 125 Å². The van der Waals surface area contributed by atoms with E-state index in [1.54, 1.807) is 7.11 Å². The number of nitrogens with one attached hydrogen (secondary N) is 1. The second-order valence-electron chi connectivity index (χ2n) is 5.32. The molecule has 1 aliphatic heterocycles. The van der Waals surface area contributed by atoms with Crippen LogP contribution in [-0.4, -0.2) is 23.6 Å². The van der Waals surface area contributed by atoms with Crippen molar-refractivity contribution < 1.29 is 4.74 Å². The SMILES string of the molecule is CCCc1nc(-c2ccc(OC)cc2)nc2c1CCNC2. The van der Waals surface area contributed by atoms with Crippen molar-refractivity contribution in [3.63, 3.8) is 0 Å². The summed E-state index contributed by atoms with van der Waals surface area (Å²) in [6, 6.07) is 7.95. The van der Waals surface area contributed by atoms with Crippen LogP contribution in [0, 0.1) is 0 Å². The zero-order valence-corrected chi connectivity index (χ0v) is 12.6. The number of fused-ring (bicyclic) bond motifs is 1. The first kappa shape index (κ1) is 14.0. The Hall–Kier alpha value is -1.94. The third kappa shape index (κ3) is 2.90. The van der Waals surface area contributed by atoms with Crippen LogP contribution in [0.15, 0.2) is 24.3 Å². The lowest BCUT2D eigenvalue weighted by atomic mass is 10.0. The molecule has 0 saturated heterocycles. The van der Waals surface area contributed by atoms with E-state index < -0.39 is 0 Å². The fourth-order valence-corrected chi connectivity index (χ4v) is 2.75. The molecule has 4 heteroatoms. The highest BCUT2D eigenvalue weighted by atomic mass is 16.5. The number of hydrogen-bond acceptors (Lipinski definition) is 4. The van der Waals surface area contributed by atoms with E-state index in [0.717, 1.165) is 55.2 Å². The molecule has 1 N–H and O–H groups in total. The van der Waals surface area contributed by atoms with E-state index in [1.807, 2.05) is 24.3 Å². The van der Waals surface area contributed by atoms with Gasteiger partial charge in [0, 0.05) is 17.8 Å². The van der Waals surface area contributed by atoms with Crippen molar-refractivity contribution in [2.24, 2.45) is 0 Å². The average molecular weight is 283 g/mol. The normalized spacial score (nSPS) is 13.8. The third-order valence-corrected chi connectivity index (χ3v) is 3.86. The molecule has 0 radical (unpaired) electrons. The molecule has 0 bridgehead atoms. The maximum absolute atomic E-state index is 5.21. The van der Waals surface area contributed by atoms with Gasteiger partial charge in [-0.05, 0) is 49.2 Å². The minimum absolute atomic E-state index is 0.823. The second-order valence-corrected chi connectivity index (χ2v) is 5.32. The van der Waals surface area contributed by atoms with Crippen LogP contribution in [0.25, 0.3) is 11.4 Å². The molecule has 2 heterocycles. The summed E-state index contributed by atoms with van der Waals surface area (Å²) in [5, 5.41) is 3.40. The van der Waals surface area contributed by atoms with Gasteiger partial charge in [0.25, 0.3) is 0 Å². The lowest BCUT2D eigenvalue weighted by Gasteiger charge is -2.20. The number of ether oxygens (including phenoxy) is 1. The number of aryl methyl sites for hydroxylation is 1. The predicted molar refractivity (Wildman–Crippen MR) is 83.4 cm³/mol. The molecule has 0 fully saturated rings. The topological polar surface area (TPSA) is 47.0 Å². The third-order valence-electron chi connectivity index (χ3n) is 3.86. The van der Waals surface area contributed by atoms with E-state index in [-0.39, 0.29) is 0 Å². The Morgan fingerprint density at radius 2 is 2.00 bits per heavy atom. The van der Waals surface area contributed by atoms with Gasteiger partial charge in [-0.2, -0.15) is 0 Å². The summed E-state index contributed by atoms with van der Waals surface area (Å²) in [7, 11) is 1.68. The Morgan fingerprint density at radius 3 is 2.71 bits per heavy atom. The summed E-state index contributed by atoms with van der Waals surface area (Å²) < 4.78 is 5.21. The van der Waals surface area contributed by atoms with Crippen LogP contribution >= 0.6 is 0 Å². The van der Waals surface area contributed by atoms with Gasteiger partial charge < -0.3 is 10.1 Å². The number of benzene rings is 1. The highest BCUT2D eigenvalue weighted by molar-refractivity contribution is 5.57. The fourth-order valence-electron chi connectivity index (χ4n) is 2.75. The lowest BCUT2D eigenvalue weighted by Crippen LogP contribution is -2.26. The molecule has 0 atom stereocenters. The van der Waals surface area contributed by atoms with E-state index >= 15 is 0 Å². The van der Waals surface area contributed by atoms with E-state index in [1.165, 1.54) is 11.3 Å². The van der Waals surface area contributed by atoms with Crippen molar-refractivity contribution >= 4 is 0 Å². The molecule has 0 unspecified atom stereocenters. The monoisotopic (exact) mass is 283 g/mol. The zero-order chi connectivity index (χ0) is 14.7. The molecule has 4 nitrogen and oxygen atoms in total. The Balaban J connectivity index is 2.03. The predicted octanol–water partition coefficient (Wildman–Crippen LogP) is 2.75. The van der Waals surface area contributed by atoms with Crippen molar-refractivity contribution in [3.05, 3.63) is 41.2 Å². The molecule has 1 aromatic carbocycles. The van der Waals surface area contributed by atoms with Crippen LogP contribution < -0.4 is 10.1 Å². The Bertz CT molecular complexity index is 623. The maximum atomic E-state index is 5.21. The van der Waals surface area contributed by atoms with Crippen LogP contribution in [0.1, 0.15) is 30.3 Å². The highest BCUT2D eigenvalue weighted by Gasteiger charge is 2.17. The summed E-state index contributed by atoms with van der Waals surface area (Å²) in [6.45, 7) is 4.06. The Morgan fingerprint density at radius 1 is 1.19 bits per heavy atom. The van der Waals surface area contributed by atoms with E-state index in [9.17, 15) is 0 Å². The quantitative estimate of drug-likeness (QED) is 0.937. The molecule has 1 aliphatic rings. The smallest absolute Gasteiger partial charge is 0.159 e. The minimum Gasteiger partial charge on any atom is -0.497 e. The summed E-state index contributed by atoms with van der Waals surface area (Å²) in [6.07, 6.45) is 3.17. The van der Waals surface area contributed by atoms with Crippen molar-refractivity contribution in [2.45, 2.75) is 32.7 Å². The standard InChI is InChI=1S/C17H21N3O/c1-3-4-15-14-9-10-18-11-16(14)20-17(19-15)12-5-7-13(21-2)8-6-12/h5-8,18H,3-4,9-11H2,1-2H3. The number of methoxy groups -OCH3 is 1. The summed E-state index contributed by atoms with van der Waals surface area (Å²) >= 11 is 0. The zero-order valence-electron chi connectivity index (χ0n) is 12.6. The molecule has 0 saturated carbocycles. The van der Waals surface area contributed by atoms with Gasteiger partial charge in [0.1, 0.15) is 5.75 Å². The van der Waals surface area contributed by atoms with Crippen molar-refractivity contribution in [1.82, 2.24) is 15.3 Å². The first-order valence-electron chi connectivity index (χ1n) is 7.55. The number of aromatic nitrogens is 2. The van der Waals surface area contributed by atoms with Crippen molar-refractivity contribution in [3.8, 4) is 17.1 Å². The molecule has 110 valence electrons. The van der Waals surface area contributed by atoms with Gasteiger partial charge in [0.15, 0.2) is 5.82 Å². The molecule has 0 spiro atoms. The molecular weight excluding hydrogens is 262 g/mol. The van der Waals surface area contributed by atoms with Gasteiger partial charge in [0.05, 0.1) is 12.8 Å². The number of hydrogen-bond donors (Lipinski definition) is 1. The van der Waals surface area contributed by atoms with Crippen molar-refractivity contribution in [2.75, 3.05) is 13.7 Å². The van der Waals surface area contributed by atoms with Crippen molar-refractivity contribution in [1.29, 1.82) is 0 Å². The summed E-state index contributed by atoms with van der Waals surface area (Å²) in [5.41, 5.74) is 4.77. The average Bonchev–Trinajstić information content (AvgIpc) is 2.55. The molecular formula is C17H21N3O. The van der Waals surface area contributed by atoms with Gasteiger partial charge >= 0.3 is 0 Å². The van der Waals surface area contributed by atoms with Crippen LogP contribution in [0.3, 0.4) is 0 Å². The maximum Gasteiger partial charge on any atom is 0.159 e. The van der Waals surface area contributed by atoms with Gasteiger partial charge in [0.2, 0.25) is 0 Å². The van der Waals surface area contributed by atoms with E-state index in [2.05, 4.69) is 12.2 Å². The van der Waals surface area contributed by atoms with Crippen LogP contribution in [0.4, 0.5) is 0 Å². The van der Waals surface area contributed by atoms with E-state index in [0.29, 0.717) is 0 Å². The number of rotatable bonds is 4. The fraction of sp³-hybridized carbons (Fsp3) is 0.412. The largest absolute Gasteiger partial charge is 0.497 e. The van der Waals surface area contributed by atoms with Crippen LogP contribution in [0.5, 0.6) is 5.75 Å². The summed E-state index contributed by atoms with van der Waals surface area (Å²) in [5.74, 6) is 1.68. The van der Waals surface area contributed by atoms with Crippen LogP contribution in [0.2, 0.25) is 0 Å². The second kappa shape index (κ2) is 6.22. The first-order chi connectivity index (χ1) is 10.3. The van der Waals surface area contributed by atoms with Gasteiger partial charge in [-0.1, -0.05) is 13.3 Å².